The van der Waals surface area contributed by atoms with Gasteiger partial charge >= 0.3 is 0 Å². The maximum atomic E-state index is 4.41. The van der Waals surface area contributed by atoms with Crippen molar-refractivity contribution in [2.75, 3.05) is 20.1 Å². The van der Waals surface area contributed by atoms with Gasteiger partial charge in [-0.3, -0.25) is 14.3 Å². The summed E-state index contributed by atoms with van der Waals surface area (Å²) in [4.78, 5) is 6.98. The van der Waals surface area contributed by atoms with Gasteiger partial charge in [-0.05, 0) is 37.5 Å². The second-order valence-electron chi connectivity index (χ2n) is 7.96. The van der Waals surface area contributed by atoms with Crippen LogP contribution in [0.2, 0.25) is 0 Å². The molecule has 1 aliphatic heterocycles. The van der Waals surface area contributed by atoms with Crippen LogP contribution in [0.25, 0.3) is 5.65 Å². The number of nitrogens with one attached hydrogen (secondary N) is 2. The van der Waals surface area contributed by atoms with E-state index in [-0.39, 0.29) is 24.0 Å². The van der Waals surface area contributed by atoms with Gasteiger partial charge in [0.25, 0.3) is 0 Å². The number of piperidine rings is 1. The maximum absolute atomic E-state index is 4.41. The average molecular weight is 533 g/mol. The van der Waals surface area contributed by atoms with Crippen LogP contribution >= 0.6 is 24.0 Å². The lowest BCUT2D eigenvalue weighted by atomic mass is 9.97. The van der Waals surface area contributed by atoms with Crippen molar-refractivity contribution in [2.45, 2.75) is 44.8 Å². The molecule has 7 nitrogen and oxygen atoms in total. The molecule has 3 heterocycles. The third-order valence-corrected chi connectivity index (χ3v) is 5.83. The lowest BCUT2D eigenvalue weighted by Gasteiger charge is -2.38. The molecule has 2 N–H and O–H groups in total. The van der Waals surface area contributed by atoms with Crippen LogP contribution in [-0.4, -0.2) is 57.7 Å². The van der Waals surface area contributed by atoms with Gasteiger partial charge in [0, 0.05) is 51.4 Å². The van der Waals surface area contributed by atoms with Crippen LogP contribution in [0.5, 0.6) is 0 Å². The van der Waals surface area contributed by atoms with Crippen molar-refractivity contribution < 1.29 is 0 Å². The molecule has 0 spiro atoms. The lowest BCUT2D eigenvalue weighted by molar-refractivity contribution is 0.134. The molecular formula is C23H32IN7. The average Bonchev–Trinajstić information content (AvgIpc) is 3.19. The smallest absolute Gasteiger partial charge is 0.191 e. The van der Waals surface area contributed by atoms with Gasteiger partial charge < -0.3 is 10.6 Å². The molecule has 0 radical (unpaired) electrons. The van der Waals surface area contributed by atoms with Crippen LogP contribution in [0.15, 0.2) is 59.7 Å². The van der Waals surface area contributed by atoms with E-state index in [0.717, 1.165) is 56.3 Å². The van der Waals surface area contributed by atoms with Gasteiger partial charge in [0.05, 0.1) is 0 Å². The highest BCUT2D eigenvalue weighted by atomic mass is 127. The van der Waals surface area contributed by atoms with Gasteiger partial charge in [-0.15, -0.1) is 34.2 Å². The Morgan fingerprint density at radius 1 is 1.13 bits per heavy atom. The van der Waals surface area contributed by atoms with Gasteiger partial charge in [0.1, 0.15) is 5.82 Å². The second kappa shape index (κ2) is 11.4. The van der Waals surface area contributed by atoms with Crippen LogP contribution < -0.4 is 10.6 Å². The number of fused-ring (bicyclic) bond motifs is 1. The monoisotopic (exact) mass is 533 g/mol. The molecule has 3 aromatic rings. The van der Waals surface area contributed by atoms with Crippen molar-refractivity contribution >= 4 is 35.6 Å². The molecular weight excluding hydrogens is 501 g/mol. The van der Waals surface area contributed by atoms with Crippen molar-refractivity contribution in [3.05, 3.63) is 66.1 Å². The first-order valence-electron chi connectivity index (χ1n) is 10.8. The zero-order valence-electron chi connectivity index (χ0n) is 18.2. The van der Waals surface area contributed by atoms with Crippen LogP contribution in [-0.2, 0) is 13.0 Å². The minimum Gasteiger partial charge on any atom is -0.356 e. The Morgan fingerprint density at radius 3 is 2.71 bits per heavy atom. The lowest BCUT2D eigenvalue weighted by Crippen LogP contribution is -2.51. The van der Waals surface area contributed by atoms with Crippen molar-refractivity contribution in [2.24, 2.45) is 4.99 Å². The molecule has 1 aromatic carbocycles. The van der Waals surface area contributed by atoms with Crippen molar-refractivity contribution in [1.82, 2.24) is 30.1 Å². The first-order valence-corrected chi connectivity index (χ1v) is 10.8. The summed E-state index contributed by atoms with van der Waals surface area (Å²) in [6.45, 7) is 5.20. The predicted molar refractivity (Wildman–Crippen MR) is 136 cm³/mol. The molecule has 0 bridgehead atoms. The zero-order chi connectivity index (χ0) is 20.8. The zero-order valence-corrected chi connectivity index (χ0v) is 20.6. The van der Waals surface area contributed by atoms with E-state index in [1.165, 1.54) is 5.56 Å². The molecule has 0 amide bonds. The molecule has 0 saturated carbocycles. The highest BCUT2D eigenvalue weighted by Crippen LogP contribution is 2.19. The fourth-order valence-corrected chi connectivity index (χ4v) is 4.15. The summed E-state index contributed by atoms with van der Waals surface area (Å²) < 4.78 is 2.03. The van der Waals surface area contributed by atoms with Gasteiger partial charge in [-0.2, -0.15) is 0 Å². The van der Waals surface area contributed by atoms with E-state index in [0.29, 0.717) is 12.1 Å². The van der Waals surface area contributed by atoms with Crippen molar-refractivity contribution in [3.8, 4) is 0 Å². The van der Waals surface area contributed by atoms with Gasteiger partial charge in [0.2, 0.25) is 0 Å². The van der Waals surface area contributed by atoms with Crippen LogP contribution in [0, 0.1) is 0 Å². The number of halogens is 1. The topological polar surface area (TPSA) is 69.8 Å². The van der Waals surface area contributed by atoms with Crippen LogP contribution in [0.4, 0.5) is 0 Å². The van der Waals surface area contributed by atoms with Gasteiger partial charge in [-0.25, -0.2) is 0 Å². The van der Waals surface area contributed by atoms with E-state index in [1.807, 2.05) is 35.8 Å². The van der Waals surface area contributed by atoms with Crippen LogP contribution in [0.3, 0.4) is 0 Å². The van der Waals surface area contributed by atoms with Crippen molar-refractivity contribution in [1.29, 1.82) is 0 Å². The number of likely N-dealkylation sites (tertiary alicyclic amines) is 1. The molecule has 4 rings (SSSR count). The number of guanidine groups is 1. The molecule has 31 heavy (non-hydrogen) atoms. The summed E-state index contributed by atoms with van der Waals surface area (Å²) in [6.07, 6.45) is 5.02. The number of hydrogen-bond acceptors (Lipinski definition) is 4. The standard InChI is InChI=1S/C23H31N7.HI/c1-18-16-20(12-15-29(18)17-19-8-4-3-5-9-19)26-23(24-2)25-13-11-22-28-27-21-10-6-7-14-30(21)22;/h3-10,14,18,20H,11-13,15-17H2,1-2H3,(H2,24,25,26);1H. The SMILES string of the molecule is CN=C(NCCc1nnc2ccccn12)NC1CCN(Cc2ccccc2)C(C)C1.I. The third-order valence-electron chi connectivity index (χ3n) is 5.83. The minimum absolute atomic E-state index is 0. The van der Waals surface area contributed by atoms with Crippen LogP contribution in [0.1, 0.15) is 31.2 Å². The largest absolute Gasteiger partial charge is 0.356 e. The van der Waals surface area contributed by atoms with E-state index in [4.69, 9.17) is 0 Å². The Kier molecular flexibility index (Phi) is 8.65. The van der Waals surface area contributed by atoms with E-state index in [1.54, 1.807) is 0 Å². The van der Waals surface area contributed by atoms with E-state index in [2.05, 4.69) is 68.0 Å². The highest BCUT2D eigenvalue weighted by Gasteiger charge is 2.25. The molecule has 166 valence electrons. The Hall–Kier alpha value is -2.20. The predicted octanol–water partition coefficient (Wildman–Crippen LogP) is 3.11. The van der Waals surface area contributed by atoms with Gasteiger partial charge in [-0.1, -0.05) is 36.4 Å². The molecule has 8 heteroatoms. The fourth-order valence-electron chi connectivity index (χ4n) is 4.15. The Balaban J connectivity index is 0.00000272. The van der Waals surface area contributed by atoms with Crippen molar-refractivity contribution in [3.63, 3.8) is 0 Å². The fraction of sp³-hybridized carbons (Fsp3) is 0.435. The Labute approximate surface area is 201 Å². The number of aromatic nitrogens is 3. The summed E-state index contributed by atoms with van der Waals surface area (Å²) in [5, 5.41) is 15.5. The number of pyridine rings is 1. The first kappa shape index (κ1) is 23.5. The normalized spacial score (nSPS) is 19.7. The molecule has 2 aromatic heterocycles. The number of hydrogen-bond donors (Lipinski definition) is 2. The summed E-state index contributed by atoms with van der Waals surface area (Å²) in [5.41, 5.74) is 2.26. The second-order valence-corrected chi connectivity index (χ2v) is 7.96. The van der Waals surface area contributed by atoms with Gasteiger partial charge in [0.15, 0.2) is 11.6 Å². The summed E-state index contributed by atoms with van der Waals surface area (Å²) in [5.74, 6) is 1.81. The molecule has 1 saturated heterocycles. The van der Waals surface area contributed by atoms with E-state index >= 15 is 0 Å². The number of aliphatic imine (C=N–C) groups is 1. The Bertz CT molecular complexity index is 972. The molecule has 2 unspecified atom stereocenters. The van der Waals surface area contributed by atoms with E-state index in [9.17, 15) is 0 Å². The first-order chi connectivity index (χ1) is 14.7. The summed E-state index contributed by atoms with van der Waals surface area (Å²) >= 11 is 0. The molecule has 0 aliphatic carbocycles. The molecule has 1 fully saturated rings. The molecule has 2 atom stereocenters. The number of rotatable bonds is 6. The maximum Gasteiger partial charge on any atom is 0.191 e. The quantitative estimate of drug-likeness (QED) is 0.290. The Morgan fingerprint density at radius 2 is 1.94 bits per heavy atom. The summed E-state index contributed by atoms with van der Waals surface area (Å²) in [7, 11) is 1.83. The minimum atomic E-state index is 0. The van der Waals surface area contributed by atoms with E-state index < -0.39 is 0 Å². The molecule has 1 aliphatic rings. The summed E-state index contributed by atoms with van der Waals surface area (Å²) in [6, 6.07) is 17.7. The third kappa shape index (κ3) is 6.16. The number of nitrogens with zero attached hydrogens (tertiary/aromatic N) is 5. The highest BCUT2D eigenvalue weighted by molar-refractivity contribution is 14.0. The number of benzene rings is 1.